The molecule has 43 heavy (non-hydrogen) atoms. The molecule has 0 spiro atoms. The van der Waals surface area contributed by atoms with Crippen molar-refractivity contribution < 1.29 is 94.6 Å². The maximum absolute atomic E-state index is 12.8. The number of nitrogens with two attached hydrogens (primary N) is 1. The Morgan fingerprint density at radius 1 is 0.860 bits per heavy atom. The zero-order valence-corrected chi connectivity index (χ0v) is 22.7. The summed E-state index contributed by atoms with van der Waals surface area (Å²) in [5.41, 5.74) is 5.90. The molecule has 17 atom stereocenters. The average molecular weight is 634 g/mol. The summed E-state index contributed by atoms with van der Waals surface area (Å²) in [6.45, 7) is -2.15. The number of hydrogen-bond donors (Lipinski definition) is 13. The second-order valence-corrected chi connectivity index (χ2v) is 10.6. The highest BCUT2D eigenvalue weighted by molar-refractivity contribution is 5.89. The number of ketones is 1. The van der Waals surface area contributed by atoms with Crippen molar-refractivity contribution in [2.24, 2.45) is 11.7 Å². The molecule has 3 unspecified atom stereocenters. The van der Waals surface area contributed by atoms with E-state index in [2.05, 4.69) is 0 Å². The molecule has 0 aromatic carbocycles. The molecule has 14 N–H and O–H groups in total. The Balaban J connectivity index is 2.09. The molecule has 0 aromatic heterocycles. The van der Waals surface area contributed by atoms with Gasteiger partial charge in [-0.15, -0.1) is 0 Å². The Morgan fingerprint density at radius 2 is 1.47 bits per heavy atom. The molecule has 20 nitrogen and oxygen atoms in total. The number of Topliss-reactive ketones (excluding diaryl/α,β-unsaturated/α-hetero) is 1. The maximum Gasteiger partial charge on any atom is 0.365 e. The molecule has 3 aliphatic rings. The number of rotatable bonds is 11. The summed E-state index contributed by atoms with van der Waals surface area (Å²) in [4.78, 5) is 25.5. The number of aliphatic carboxylic acids is 1. The molecule has 250 valence electrons. The minimum absolute atomic E-state index is 0.831. The summed E-state index contributed by atoms with van der Waals surface area (Å²) < 4.78 is 27.1. The lowest BCUT2D eigenvalue weighted by Gasteiger charge is -2.52. The van der Waals surface area contributed by atoms with Gasteiger partial charge in [-0.1, -0.05) is 0 Å². The Bertz CT molecular complexity index is 958. The predicted octanol–water partition coefficient (Wildman–Crippen LogP) is -8.59. The SMILES string of the molecule is CC(=O)C1[C@H](O)[C@@H](N)[C@H]([C@H](O)[C@H](O)CO)OC1(O[C@H]1[C@H](O[C@@H]2O[C@H](CO)[C@H](O)[C@H](O)[C@H]2O)[C@@H](CO)OC(O)[C@@H]1O)C(=O)O. The van der Waals surface area contributed by atoms with Crippen LogP contribution in [0, 0.1) is 5.92 Å². The van der Waals surface area contributed by atoms with Crippen molar-refractivity contribution in [3.63, 3.8) is 0 Å². The molecule has 0 aliphatic carbocycles. The zero-order chi connectivity index (χ0) is 32.5. The largest absolute Gasteiger partial charge is 0.477 e. The summed E-state index contributed by atoms with van der Waals surface area (Å²) in [6, 6.07) is -1.75. The fraction of sp³-hybridized carbons (Fsp3) is 0.913. The Labute approximate surface area is 243 Å². The van der Waals surface area contributed by atoms with Crippen molar-refractivity contribution in [1.82, 2.24) is 0 Å². The summed E-state index contributed by atoms with van der Waals surface area (Å²) in [5, 5.41) is 122. The third-order valence-electron chi connectivity index (χ3n) is 7.75. The van der Waals surface area contributed by atoms with Crippen LogP contribution in [0.2, 0.25) is 0 Å². The molecule has 3 rings (SSSR count). The number of aliphatic hydroxyl groups excluding tert-OH is 11. The van der Waals surface area contributed by atoms with Gasteiger partial charge in [-0.05, 0) is 6.92 Å². The van der Waals surface area contributed by atoms with Gasteiger partial charge in [0.15, 0.2) is 12.6 Å². The topological polar surface area (TPSA) is 349 Å². The highest BCUT2D eigenvalue weighted by Gasteiger charge is 2.65. The van der Waals surface area contributed by atoms with E-state index in [0.717, 1.165) is 6.92 Å². The van der Waals surface area contributed by atoms with Crippen LogP contribution < -0.4 is 5.73 Å². The van der Waals surface area contributed by atoms with Gasteiger partial charge in [0.2, 0.25) is 0 Å². The van der Waals surface area contributed by atoms with Crippen LogP contribution in [-0.2, 0) is 33.3 Å². The number of carbonyl (C=O) groups excluding carboxylic acids is 1. The van der Waals surface area contributed by atoms with Gasteiger partial charge in [0.05, 0.1) is 32.0 Å². The number of hydrogen-bond acceptors (Lipinski definition) is 19. The average Bonchev–Trinajstić information content (AvgIpc) is 2.97. The molecule has 0 saturated carbocycles. The Morgan fingerprint density at radius 3 is 1.98 bits per heavy atom. The first-order valence-electron chi connectivity index (χ1n) is 13.2. The Hall–Kier alpha value is -1.54. The molecule has 0 bridgehead atoms. The number of carbonyl (C=O) groups is 2. The van der Waals surface area contributed by atoms with Crippen LogP contribution in [-0.4, -0.2) is 191 Å². The molecule has 3 saturated heterocycles. The van der Waals surface area contributed by atoms with Crippen molar-refractivity contribution in [1.29, 1.82) is 0 Å². The first kappa shape index (κ1) is 35.9. The number of carboxylic acids is 1. The zero-order valence-electron chi connectivity index (χ0n) is 22.7. The van der Waals surface area contributed by atoms with Crippen molar-refractivity contribution in [2.75, 3.05) is 19.8 Å². The first-order chi connectivity index (χ1) is 20.1. The van der Waals surface area contributed by atoms with E-state index < -0.39 is 135 Å². The van der Waals surface area contributed by atoms with E-state index in [1.165, 1.54) is 0 Å². The summed E-state index contributed by atoms with van der Waals surface area (Å²) in [6.07, 6.45) is -28.1. The van der Waals surface area contributed by atoms with Gasteiger partial charge in [0, 0.05) is 0 Å². The summed E-state index contributed by atoms with van der Waals surface area (Å²) >= 11 is 0. The van der Waals surface area contributed by atoms with Crippen molar-refractivity contribution in [3.05, 3.63) is 0 Å². The first-order valence-corrected chi connectivity index (χ1v) is 13.2. The van der Waals surface area contributed by atoms with Gasteiger partial charge < -0.3 is 90.7 Å². The third kappa shape index (κ3) is 6.71. The van der Waals surface area contributed by atoms with Gasteiger partial charge in [0.1, 0.15) is 78.8 Å². The van der Waals surface area contributed by atoms with E-state index in [0.29, 0.717) is 0 Å². The summed E-state index contributed by atoms with van der Waals surface area (Å²) in [5.74, 6) is -8.81. The quantitative estimate of drug-likeness (QED) is 0.100. The fourth-order valence-electron chi connectivity index (χ4n) is 5.35. The molecular formula is C23H39NO19. The molecule has 3 heterocycles. The lowest BCUT2D eigenvalue weighted by molar-refractivity contribution is -0.396. The highest BCUT2D eigenvalue weighted by atomic mass is 16.8. The molecule has 20 heteroatoms. The third-order valence-corrected chi connectivity index (χ3v) is 7.75. The Kier molecular flexibility index (Phi) is 11.9. The second kappa shape index (κ2) is 14.3. The molecule has 0 amide bonds. The molecular weight excluding hydrogens is 594 g/mol. The van der Waals surface area contributed by atoms with Gasteiger partial charge >= 0.3 is 5.97 Å². The second-order valence-electron chi connectivity index (χ2n) is 10.6. The highest BCUT2D eigenvalue weighted by Crippen LogP contribution is 2.41. The van der Waals surface area contributed by atoms with Crippen LogP contribution in [0.15, 0.2) is 0 Å². The van der Waals surface area contributed by atoms with E-state index in [4.69, 9.17) is 29.4 Å². The van der Waals surface area contributed by atoms with Crippen LogP contribution in [0.5, 0.6) is 0 Å². The van der Waals surface area contributed by atoms with E-state index in [-0.39, 0.29) is 0 Å². The van der Waals surface area contributed by atoms with E-state index in [1.54, 1.807) is 0 Å². The van der Waals surface area contributed by atoms with Crippen LogP contribution in [0.3, 0.4) is 0 Å². The standard InChI is InChI=1S/C23H39NO19/c1-5(28)9-13(32)10(24)18(11(30)6(29)2-25)42-23(9,22(37)38)43-19-16(35)20(36)39-8(4-27)17(19)41-21-15(34)14(33)12(31)7(3-26)40-21/h6-21,25-27,29-36H,2-4,24H2,1H3,(H,37,38)/t6-,7-,8-,9?,10-,11-,12+,13+,14+,15-,16-,17-,18-,19-,20?,21+,23?/m1/s1. The van der Waals surface area contributed by atoms with Crippen LogP contribution in [0.1, 0.15) is 6.92 Å². The minimum atomic E-state index is -3.37. The number of carboxylic acid groups (broad SMARTS) is 1. The van der Waals surface area contributed by atoms with E-state index in [1.807, 2.05) is 0 Å². The van der Waals surface area contributed by atoms with E-state index >= 15 is 0 Å². The van der Waals surface area contributed by atoms with Crippen molar-refractivity contribution in [3.8, 4) is 0 Å². The van der Waals surface area contributed by atoms with Gasteiger partial charge in [-0.25, -0.2) is 4.79 Å². The lowest BCUT2D eigenvalue weighted by Crippen LogP contribution is -2.74. The van der Waals surface area contributed by atoms with Crippen LogP contribution in [0.25, 0.3) is 0 Å². The predicted molar refractivity (Wildman–Crippen MR) is 130 cm³/mol. The smallest absolute Gasteiger partial charge is 0.365 e. The van der Waals surface area contributed by atoms with E-state index in [9.17, 15) is 70.9 Å². The van der Waals surface area contributed by atoms with Crippen LogP contribution >= 0.6 is 0 Å². The van der Waals surface area contributed by atoms with Gasteiger partial charge in [0.25, 0.3) is 5.79 Å². The molecule has 0 radical (unpaired) electrons. The molecule has 3 fully saturated rings. The van der Waals surface area contributed by atoms with Crippen molar-refractivity contribution >= 4 is 11.8 Å². The van der Waals surface area contributed by atoms with Crippen molar-refractivity contribution in [2.45, 2.75) is 105 Å². The number of aliphatic hydroxyl groups is 11. The maximum atomic E-state index is 12.8. The van der Waals surface area contributed by atoms with Gasteiger partial charge in [-0.3, -0.25) is 4.79 Å². The van der Waals surface area contributed by atoms with Crippen LogP contribution in [0.4, 0.5) is 0 Å². The fourth-order valence-corrected chi connectivity index (χ4v) is 5.35. The molecule has 3 aliphatic heterocycles. The van der Waals surface area contributed by atoms with Gasteiger partial charge in [-0.2, -0.15) is 0 Å². The number of ether oxygens (including phenoxy) is 5. The lowest BCUT2D eigenvalue weighted by atomic mass is 9.78. The minimum Gasteiger partial charge on any atom is -0.477 e. The monoisotopic (exact) mass is 633 g/mol. The normalized spacial score (nSPS) is 47.1. The summed E-state index contributed by atoms with van der Waals surface area (Å²) in [7, 11) is 0. The molecule has 0 aromatic rings.